The molecule has 0 spiro atoms. The van der Waals surface area contributed by atoms with Crippen LogP contribution in [-0.2, 0) is 26.1 Å². The van der Waals surface area contributed by atoms with Crippen LogP contribution in [0.4, 0.5) is 0 Å². The molecule has 0 atom stereocenters. The molecule has 0 unspecified atom stereocenters. The van der Waals surface area contributed by atoms with Crippen LogP contribution in [-0.4, -0.2) is 16.9 Å². The van der Waals surface area contributed by atoms with Gasteiger partial charge in [-0.15, -0.1) is 0 Å². The smallest absolute Gasteiger partial charge is 0.130 e. The van der Waals surface area contributed by atoms with E-state index in [9.17, 15) is 0 Å². The summed E-state index contributed by atoms with van der Waals surface area (Å²) in [6.07, 6.45) is 0.927. The Hall–Kier alpha value is -2.01. The van der Waals surface area contributed by atoms with Crippen LogP contribution in [0, 0.1) is 0 Å². The lowest BCUT2D eigenvalue weighted by Gasteiger charge is -2.10. The van der Waals surface area contributed by atoms with Gasteiger partial charge in [-0.25, -0.2) is 0 Å². The molecule has 0 aliphatic carbocycles. The van der Waals surface area contributed by atoms with Crippen molar-refractivity contribution >= 4 is 0 Å². The third-order valence-electron chi connectivity index (χ3n) is 3.37. The van der Waals surface area contributed by atoms with Gasteiger partial charge >= 0.3 is 0 Å². The summed E-state index contributed by atoms with van der Waals surface area (Å²) in [5.74, 6) is 1.52. The Bertz CT molecular complexity index is 571. The topological polar surface area (TPSA) is 62.3 Å². The highest BCUT2D eigenvalue weighted by atomic mass is 16.5. The molecule has 1 aromatic heterocycles. The molecule has 2 aromatic rings. The third-order valence-corrected chi connectivity index (χ3v) is 3.37. The maximum atomic E-state index is 5.88. The van der Waals surface area contributed by atoms with E-state index < -0.39 is 0 Å². The van der Waals surface area contributed by atoms with E-state index in [1.807, 2.05) is 22.9 Å². The maximum absolute atomic E-state index is 5.88. The lowest BCUT2D eigenvalue weighted by atomic mass is 10.2. The quantitative estimate of drug-likeness (QED) is 0.850. The highest BCUT2D eigenvalue weighted by Crippen LogP contribution is 2.23. The second-order valence-electron chi connectivity index (χ2n) is 4.81. The molecular formula is C16H23N3O2. The van der Waals surface area contributed by atoms with Gasteiger partial charge in [0, 0.05) is 19.2 Å². The van der Waals surface area contributed by atoms with Crippen LogP contribution in [0.2, 0.25) is 0 Å². The first-order chi connectivity index (χ1) is 10.2. The van der Waals surface area contributed by atoms with Crippen molar-refractivity contribution in [2.75, 3.05) is 7.11 Å². The largest absolute Gasteiger partial charge is 0.497 e. The molecule has 5 heteroatoms. The Kier molecular flexibility index (Phi) is 5.22. The molecule has 2 rings (SSSR count). The van der Waals surface area contributed by atoms with Gasteiger partial charge in [-0.2, -0.15) is 5.10 Å². The molecule has 0 aliphatic heterocycles. The first-order valence-corrected chi connectivity index (χ1v) is 7.26. The number of nitrogens with zero attached hydrogens (tertiary/aromatic N) is 2. The minimum absolute atomic E-state index is 0.459. The summed E-state index contributed by atoms with van der Waals surface area (Å²) in [7, 11) is 1.64. The molecule has 0 amide bonds. The van der Waals surface area contributed by atoms with Gasteiger partial charge in [-0.3, -0.25) is 4.68 Å². The SMILES string of the molecule is CCc1cc(COc2cc(CN)cc(OC)c2)n(CC)n1. The van der Waals surface area contributed by atoms with E-state index in [0.717, 1.165) is 41.4 Å². The van der Waals surface area contributed by atoms with E-state index in [-0.39, 0.29) is 0 Å². The Labute approximate surface area is 125 Å². The van der Waals surface area contributed by atoms with Crippen LogP contribution in [0.25, 0.3) is 0 Å². The molecule has 0 fully saturated rings. The van der Waals surface area contributed by atoms with E-state index in [1.165, 1.54) is 0 Å². The van der Waals surface area contributed by atoms with Gasteiger partial charge in [0.15, 0.2) is 0 Å². The molecule has 21 heavy (non-hydrogen) atoms. The molecular weight excluding hydrogens is 266 g/mol. The maximum Gasteiger partial charge on any atom is 0.130 e. The number of methoxy groups -OCH3 is 1. The Morgan fingerprint density at radius 3 is 2.52 bits per heavy atom. The number of hydrogen-bond donors (Lipinski definition) is 1. The molecule has 0 bridgehead atoms. The van der Waals surface area contributed by atoms with E-state index >= 15 is 0 Å². The molecule has 0 saturated heterocycles. The number of aryl methyl sites for hydroxylation is 2. The molecule has 114 valence electrons. The van der Waals surface area contributed by atoms with Crippen molar-refractivity contribution in [3.8, 4) is 11.5 Å². The van der Waals surface area contributed by atoms with Gasteiger partial charge < -0.3 is 15.2 Å². The zero-order valence-electron chi connectivity index (χ0n) is 12.9. The van der Waals surface area contributed by atoms with Gasteiger partial charge in [-0.1, -0.05) is 6.92 Å². The highest BCUT2D eigenvalue weighted by Gasteiger charge is 2.07. The van der Waals surface area contributed by atoms with Gasteiger partial charge in [0.05, 0.1) is 18.5 Å². The Morgan fingerprint density at radius 2 is 1.90 bits per heavy atom. The van der Waals surface area contributed by atoms with Crippen molar-refractivity contribution in [2.24, 2.45) is 5.73 Å². The van der Waals surface area contributed by atoms with Crippen LogP contribution in [0.15, 0.2) is 24.3 Å². The van der Waals surface area contributed by atoms with Crippen molar-refractivity contribution in [3.05, 3.63) is 41.2 Å². The van der Waals surface area contributed by atoms with Gasteiger partial charge in [0.25, 0.3) is 0 Å². The van der Waals surface area contributed by atoms with Crippen LogP contribution >= 0.6 is 0 Å². The summed E-state index contributed by atoms with van der Waals surface area (Å²) in [6, 6.07) is 7.81. The number of rotatable bonds is 7. The number of ether oxygens (including phenoxy) is 2. The van der Waals surface area contributed by atoms with Crippen LogP contribution in [0.3, 0.4) is 0 Å². The molecule has 2 N–H and O–H groups in total. The summed E-state index contributed by atoms with van der Waals surface area (Å²) in [5, 5.41) is 4.52. The fraction of sp³-hybridized carbons (Fsp3) is 0.438. The van der Waals surface area contributed by atoms with Crippen LogP contribution in [0.5, 0.6) is 11.5 Å². The van der Waals surface area contributed by atoms with E-state index in [1.54, 1.807) is 7.11 Å². The van der Waals surface area contributed by atoms with E-state index in [0.29, 0.717) is 13.2 Å². The fourth-order valence-corrected chi connectivity index (χ4v) is 2.18. The Morgan fingerprint density at radius 1 is 1.14 bits per heavy atom. The average Bonchev–Trinajstić information content (AvgIpc) is 2.94. The van der Waals surface area contributed by atoms with Crippen molar-refractivity contribution in [3.63, 3.8) is 0 Å². The molecule has 1 aromatic carbocycles. The summed E-state index contributed by atoms with van der Waals surface area (Å²) < 4.78 is 13.1. The molecule has 0 radical (unpaired) electrons. The highest BCUT2D eigenvalue weighted by molar-refractivity contribution is 5.38. The van der Waals surface area contributed by atoms with Crippen LogP contribution in [0.1, 0.15) is 30.8 Å². The van der Waals surface area contributed by atoms with Gasteiger partial charge in [0.2, 0.25) is 0 Å². The number of hydrogen-bond acceptors (Lipinski definition) is 4. The number of benzene rings is 1. The summed E-state index contributed by atoms with van der Waals surface area (Å²) >= 11 is 0. The zero-order chi connectivity index (χ0) is 15.2. The van der Waals surface area contributed by atoms with Crippen molar-refractivity contribution in [2.45, 2.75) is 40.0 Å². The van der Waals surface area contributed by atoms with Crippen molar-refractivity contribution in [1.29, 1.82) is 0 Å². The van der Waals surface area contributed by atoms with Gasteiger partial charge in [-0.05, 0) is 37.1 Å². The molecule has 0 saturated carbocycles. The Balaban J connectivity index is 2.14. The second-order valence-corrected chi connectivity index (χ2v) is 4.81. The second kappa shape index (κ2) is 7.13. The lowest BCUT2D eigenvalue weighted by Crippen LogP contribution is -2.06. The predicted octanol–water partition coefficient (Wildman–Crippen LogP) is 2.51. The summed E-state index contributed by atoms with van der Waals surface area (Å²) in [4.78, 5) is 0. The first kappa shape index (κ1) is 15.4. The minimum atomic E-state index is 0.459. The summed E-state index contributed by atoms with van der Waals surface area (Å²) in [5.41, 5.74) is 8.84. The average molecular weight is 289 g/mol. The molecule has 1 heterocycles. The number of aromatic nitrogens is 2. The first-order valence-electron chi connectivity index (χ1n) is 7.26. The normalized spacial score (nSPS) is 10.7. The van der Waals surface area contributed by atoms with Crippen molar-refractivity contribution < 1.29 is 9.47 Å². The third kappa shape index (κ3) is 3.76. The van der Waals surface area contributed by atoms with E-state index in [4.69, 9.17) is 15.2 Å². The molecule has 0 aliphatic rings. The minimum Gasteiger partial charge on any atom is -0.497 e. The molecule has 5 nitrogen and oxygen atoms in total. The predicted molar refractivity (Wildman–Crippen MR) is 82.5 cm³/mol. The standard InChI is InChI=1S/C16H23N3O2/c1-4-13-8-14(19(5-2)18-13)11-21-16-7-12(10-17)6-15(9-16)20-3/h6-9H,4-5,10-11,17H2,1-3H3. The lowest BCUT2D eigenvalue weighted by molar-refractivity contribution is 0.290. The summed E-state index contributed by atoms with van der Waals surface area (Å²) in [6.45, 7) is 5.96. The van der Waals surface area contributed by atoms with E-state index in [2.05, 4.69) is 25.0 Å². The van der Waals surface area contributed by atoms with Crippen molar-refractivity contribution in [1.82, 2.24) is 9.78 Å². The van der Waals surface area contributed by atoms with Gasteiger partial charge in [0.1, 0.15) is 18.1 Å². The monoisotopic (exact) mass is 289 g/mol. The fourth-order valence-electron chi connectivity index (χ4n) is 2.18. The zero-order valence-corrected chi connectivity index (χ0v) is 12.9. The number of nitrogens with two attached hydrogens (primary N) is 1. The van der Waals surface area contributed by atoms with Crippen LogP contribution < -0.4 is 15.2 Å².